The number of anilines is 1. The van der Waals surface area contributed by atoms with Gasteiger partial charge in [-0.15, -0.1) is 11.3 Å². The molecule has 1 amide bonds. The molecule has 0 bridgehead atoms. The van der Waals surface area contributed by atoms with Crippen LogP contribution >= 0.6 is 11.3 Å². The zero-order valence-corrected chi connectivity index (χ0v) is 16.3. The minimum Gasteiger partial charge on any atom is -0.351 e. The van der Waals surface area contributed by atoms with Crippen molar-refractivity contribution in [2.75, 3.05) is 18.0 Å². The summed E-state index contributed by atoms with van der Waals surface area (Å²) in [4.78, 5) is 26.3. The lowest BCUT2D eigenvalue weighted by atomic mass is 10.0. The number of hydrogen-bond acceptors (Lipinski definition) is 5. The Balaban J connectivity index is 1.54. The highest BCUT2D eigenvalue weighted by atomic mass is 32.1. The topological polar surface area (TPSA) is 58.1 Å². The van der Waals surface area contributed by atoms with E-state index in [-0.39, 0.29) is 11.9 Å². The van der Waals surface area contributed by atoms with E-state index in [1.165, 1.54) is 11.3 Å². The van der Waals surface area contributed by atoms with Crippen molar-refractivity contribution < 1.29 is 4.79 Å². The van der Waals surface area contributed by atoms with Gasteiger partial charge in [-0.1, -0.05) is 25.1 Å². The Morgan fingerprint density at radius 3 is 2.93 bits per heavy atom. The predicted octanol–water partition coefficient (Wildman–Crippen LogP) is 4.04. The molecule has 27 heavy (non-hydrogen) atoms. The first kappa shape index (κ1) is 17.9. The molecule has 3 heterocycles. The van der Waals surface area contributed by atoms with Gasteiger partial charge in [0.25, 0.3) is 5.91 Å². The summed E-state index contributed by atoms with van der Waals surface area (Å²) < 4.78 is 0. The molecule has 6 heteroatoms. The highest BCUT2D eigenvalue weighted by Gasteiger charge is 2.26. The largest absolute Gasteiger partial charge is 0.351 e. The molecule has 140 valence electrons. The third-order valence-electron chi connectivity index (χ3n) is 5.14. The second-order valence-electron chi connectivity index (χ2n) is 6.90. The van der Waals surface area contributed by atoms with Gasteiger partial charge >= 0.3 is 0 Å². The van der Waals surface area contributed by atoms with Gasteiger partial charge in [0.05, 0.1) is 5.39 Å². The lowest BCUT2D eigenvalue weighted by Crippen LogP contribution is -2.47. The molecule has 3 aromatic rings. The lowest BCUT2D eigenvalue weighted by molar-refractivity contribution is 0.0949. The van der Waals surface area contributed by atoms with Crippen molar-refractivity contribution in [2.45, 2.75) is 38.6 Å². The maximum absolute atomic E-state index is 12.4. The molecule has 1 aromatic carbocycles. The monoisotopic (exact) mass is 380 g/mol. The molecule has 1 atom stereocenters. The number of nitrogens with zero attached hydrogens (tertiary/aromatic N) is 3. The van der Waals surface area contributed by atoms with Gasteiger partial charge in [-0.3, -0.25) is 4.79 Å². The van der Waals surface area contributed by atoms with Crippen LogP contribution in [0.15, 0.2) is 42.7 Å². The minimum absolute atomic E-state index is 0.0160. The number of rotatable bonds is 5. The Hall–Kier alpha value is -2.47. The molecular weight excluding hydrogens is 356 g/mol. The van der Waals surface area contributed by atoms with Crippen molar-refractivity contribution in [3.05, 3.63) is 53.2 Å². The number of nitrogens with one attached hydrogen (secondary N) is 1. The standard InChI is InChI=1S/C21H24N4OS/c1-2-17-12-18-19(23-14-24-21(18)27-17)25-11-7-6-10-16(25)13-22-20(26)15-8-4-3-5-9-15/h3-5,8-9,12,14,16H,2,6-7,10-11,13H2,1H3,(H,22,26). The van der Waals surface area contributed by atoms with E-state index in [0.29, 0.717) is 12.1 Å². The highest BCUT2D eigenvalue weighted by Crippen LogP contribution is 2.33. The van der Waals surface area contributed by atoms with Crippen molar-refractivity contribution in [3.63, 3.8) is 0 Å². The quantitative estimate of drug-likeness (QED) is 0.726. The summed E-state index contributed by atoms with van der Waals surface area (Å²) in [5, 5.41) is 4.25. The third-order valence-corrected chi connectivity index (χ3v) is 6.33. The van der Waals surface area contributed by atoms with Gasteiger partial charge < -0.3 is 10.2 Å². The van der Waals surface area contributed by atoms with E-state index in [9.17, 15) is 4.79 Å². The van der Waals surface area contributed by atoms with E-state index in [0.717, 1.165) is 41.8 Å². The van der Waals surface area contributed by atoms with Crippen LogP contribution < -0.4 is 10.2 Å². The number of benzene rings is 1. The van der Waals surface area contributed by atoms with Crippen molar-refractivity contribution in [1.82, 2.24) is 15.3 Å². The summed E-state index contributed by atoms with van der Waals surface area (Å²) in [5.74, 6) is 0.993. The first-order valence-electron chi connectivity index (χ1n) is 9.59. The Morgan fingerprint density at radius 2 is 2.11 bits per heavy atom. The minimum atomic E-state index is -0.0160. The van der Waals surface area contributed by atoms with E-state index in [1.807, 2.05) is 30.3 Å². The molecule has 1 aliphatic rings. The lowest BCUT2D eigenvalue weighted by Gasteiger charge is -2.37. The number of carbonyl (C=O) groups excluding carboxylic acids is 1. The number of aryl methyl sites for hydroxylation is 1. The smallest absolute Gasteiger partial charge is 0.251 e. The van der Waals surface area contributed by atoms with E-state index in [2.05, 4.69) is 33.2 Å². The van der Waals surface area contributed by atoms with E-state index in [4.69, 9.17) is 0 Å². The number of fused-ring (bicyclic) bond motifs is 1. The summed E-state index contributed by atoms with van der Waals surface area (Å²) in [7, 11) is 0. The van der Waals surface area contributed by atoms with Crippen LogP contribution in [0.3, 0.4) is 0 Å². The summed E-state index contributed by atoms with van der Waals surface area (Å²) in [5.41, 5.74) is 0.703. The summed E-state index contributed by atoms with van der Waals surface area (Å²) >= 11 is 1.74. The Bertz CT molecular complexity index is 924. The Labute approximate surface area is 163 Å². The summed E-state index contributed by atoms with van der Waals surface area (Å²) in [6, 6.07) is 11.9. The van der Waals surface area contributed by atoms with Crippen LogP contribution in [0.25, 0.3) is 10.2 Å². The molecule has 0 spiro atoms. The fourth-order valence-electron chi connectivity index (χ4n) is 3.69. The van der Waals surface area contributed by atoms with Gasteiger partial charge in [0.15, 0.2) is 0 Å². The number of thiophene rings is 1. The van der Waals surface area contributed by atoms with Crippen LogP contribution in [0.5, 0.6) is 0 Å². The van der Waals surface area contributed by atoms with Crippen molar-refractivity contribution in [2.24, 2.45) is 0 Å². The van der Waals surface area contributed by atoms with Crippen LogP contribution in [-0.2, 0) is 6.42 Å². The van der Waals surface area contributed by atoms with Gasteiger partial charge in [0.1, 0.15) is 17.0 Å². The van der Waals surface area contributed by atoms with Gasteiger partial charge in [-0.25, -0.2) is 9.97 Å². The predicted molar refractivity (Wildman–Crippen MR) is 111 cm³/mol. The van der Waals surface area contributed by atoms with E-state index in [1.54, 1.807) is 17.7 Å². The molecular formula is C21H24N4OS. The molecule has 1 fully saturated rings. The van der Waals surface area contributed by atoms with Crippen LogP contribution in [0.2, 0.25) is 0 Å². The fourth-order valence-corrected chi connectivity index (χ4v) is 4.62. The zero-order valence-electron chi connectivity index (χ0n) is 15.5. The molecule has 1 aliphatic heterocycles. The summed E-state index contributed by atoms with van der Waals surface area (Å²) in [6.07, 6.45) is 6.07. The normalized spacial score (nSPS) is 17.2. The van der Waals surface area contributed by atoms with Crippen molar-refractivity contribution in [1.29, 1.82) is 0 Å². The number of aromatic nitrogens is 2. The molecule has 0 radical (unpaired) electrons. The maximum Gasteiger partial charge on any atom is 0.251 e. The van der Waals surface area contributed by atoms with Gasteiger partial charge in [-0.05, 0) is 43.9 Å². The van der Waals surface area contributed by atoms with E-state index < -0.39 is 0 Å². The second-order valence-corrected chi connectivity index (χ2v) is 8.02. The van der Waals surface area contributed by atoms with Crippen LogP contribution in [-0.4, -0.2) is 35.0 Å². The molecule has 2 aromatic heterocycles. The molecule has 1 N–H and O–H groups in total. The molecule has 1 saturated heterocycles. The second kappa shape index (κ2) is 8.05. The molecule has 4 rings (SSSR count). The third kappa shape index (κ3) is 3.81. The fraction of sp³-hybridized carbons (Fsp3) is 0.381. The van der Waals surface area contributed by atoms with Gasteiger partial charge in [0, 0.05) is 29.6 Å². The summed E-state index contributed by atoms with van der Waals surface area (Å²) in [6.45, 7) is 3.76. The highest BCUT2D eigenvalue weighted by molar-refractivity contribution is 7.18. The van der Waals surface area contributed by atoms with Crippen molar-refractivity contribution in [3.8, 4) is 0 Å². The number of hydrogen-bond donors (Lipinski definition) is 1. The first-order valence-corrected chi connectivity index (χ1v) is 10.4. The van der Waals surface area contributed by atoms with Gasteiger partial charge in [0.2, 0.25) is 0 Å². The molecule has 0 aliphatic carbocycles. The first-order chi connectivity index (χ1) is 13.3. The molecule has 1 unspecified atom stereocenters. The average Bonchev–Trinajstić information content (AvgIpc) is 3.16. The zero-order chi connectivity index (χ0) is 18.6. The average molecular weight is 381 g/mol. The van der Waals surface area contributed by atoms with Crippen LogP contribution in [0.4, 0.5) is 5.82 Å². The Morgan fingerprint density at radius 1 is 1.26 bits per heavy atom. The SMILES string of the molecule is CCc1cc2c(N3CCCCC3CNC(=O)c3ccccc3)ncnc2s1. The number of piperidine rings is 1. The molecule has 5 nitrogen and oxygen atoms in total. The Kier molecular flexibility index (Phi) is 5.34. The van der Waals surface area contributed by atoms with E-state index >= 15 is 0 Å². The van der Waals surface area contributed by atoms with Crippen LogP contribution in [0.1, 0.15) is 41.4 Å². The number of amides is 1. The maximum atomic E-state index is 12.4. The van der Waals surface area contributed by atoms with Crippen molar-refractivity contribution >= 4 is 33.3 Å². The van der Waals surface area contributed by atoms with Gasteiger partial charge in [-0.2, -0.15) is 0 Å². The van der Waals surface area contributed by atoms with Crippen LogP contribution in [0, 0.1) is 0 Å². The molecule has 0 saturated carbocycles. The number of carbonyl (C=O) groups is 1.